The van der Waals surface area contributed by atoms with Crippen molar-refractivity contribution in [1.29, 1.82) is 0 Å². The van der Waals surface area contributed by atoms with E-state index in [0.717, 1.165) is 6.07 Å². The SMILES string of the molecule is Cc1cc(F)c([N+](=O)[O-])cc1S(=O)(=O)NCCF. The summed E-state index contributed by atoms with van der Waals surface area (Å²) in [4.78, 5) is 9.05. The Labute approximate surface area is 102 Å². The Bertz CT molecular complexity index is 574. The first-order chi connectivity index (χ1) is 8.29. The molecule has 0 saturated heterocycles. The van der Waals surface area contributed by atoms with Gasteiger partial charge in [0.25, 0.3) is 0 Å². The Hall–Kier alpha value is -1.61. The van der Waals surface area contributed by atoms with E-state index >= 15 is 0 Å². The lowest BCUT2D eigenvalue weighted by Gasteiger charge is -2.08. The fourth-order valence-corrected chi connectivity index (χ4v) is 2.57. The van der Waals surface area contributed by atoms with Crippen LogP contribution in [0.15, 0.2) is 17.0 Å². The summed E-state index contributed by atoms with van der Waals surface area (Å²) in [5.41, 5.74) is -0.939. The lowest BCUT2D eigenvalue weighted by atomic mass is 10.2. The van der Waals surface area contributed by atoms with E-state index in [4.69, 9.17) is 0 Å². The monoisotopic (exact) mass is 280 g/mol. The van der Waals surface area contributed by atoms with Crippen LogP contribution < -0.4 is 4.72 Å². The van der Waals surface area contributed by atoms with Gasteiger partial charge >= 0.3 is 5.69 Å². The number of nitrogens with one attached hydrogen (secondary N) is 1. The van der Waals surface area contributed by atoms with Gasteiger partial charge in [-0.25, -0.2) is 17.5 Å². The maximum absolute atomic E-state index is 13.2. The molecule has 0 aliphatic heterocycles. The van der Waals surface area contributed by atoms with E-state index in [1.54, 1.807) is 0 Å². The maximum atomic E-state index is 13.2. The summed E-state index contributed by atoms with van der Waals surface area (Å²) in [5.74, 6) is -1.12. The molecule has 0 fully saturated rings. The number of aryl methyl sites for hydroxylation is 1. The van der Waals surface area contributed by atoms with E-state index in [9.17, 15) is 27.3 Å². The molecule has 0 spiro atoms. The van der Waals surface area contributed by atoms with Gasteiger partial charge in [-0.3, -0.25) is 10.1 Å². The third-order valence-electron chi connectivity index (χ3n) is 2.12. The Kier molecular flexibility index (Phi) is 4.30. The largest absolute Gasteiger partial charge is 0.306 e. The van der Waals surface area contributed by atoms with Crippen LogP contribution in [-0.4, -0.2) is 26.6 Å². The van der Waals surface area contributed by atoms with Gasteiger partial charge in [-0.2, -0.15) is 4.39 Å². The van der Waals surface area contributed by atoms with Crippen LogP contribution in [0.25, 0.3) is 0 Å². The van der Waals surface area contributed by atoms with Gasteiger partial charge in [-0.1, -0.05) is 0 Å². The molecule has 1 N–H and O–H groups in total. The van der Waals surface area contributed by atoms with Crippen molar-refractivity contribution in [2.24, 2.45) is 0 Å². The highest BCUT2D eigenvalue weighted by Crippen LogP contribution is 2.25. The number of hydrogen-bond acceptors (Lipinski definition) is 4. The zero-order valence-corrected chi connectivity index (χ0v) is 10.1. The molecule has 1 aromatic carbocycles. The molecule has 6 nitrogen and oxygen atoms in total. The molecule has 0 saturated carbocycles. The summed E-state index contributed by atoms with van der Waals surface area (Å²) in [5, 5.41) is 10.5. The van der Waals surface area contributed by atoms with Crippen molar-refractivity contribution in [1.82, 2.24) is 4.72 Å². The molecule has 18 heavy (non-hydrogen) atoms. The van der Waals surface area contributed by atoms with Gasteiger partial charge < -0.3 is 0 Å². The molecule has 0 unspecified atom stereocenters. The van der Waals surface area contributed by atoms with Crippen molar-refractivity contribution < 1.29 is 22.1 Å². The number of nitro groups is 1. The molecular formula is C9H10F2N2O4S. The average Bonchev–Trinajstić information content (AvgIpc) is 2.25. The van der Waals surface area contributed by atoms with Crippen LogP contribution in [0.1, 0.15) is 5.56 Å². The van der Waals surface area contributed by atoms with Crippen molar-refractivity contribution in [3.05, 3.63) is 33.6 Å². The summed E-state index contributed by atoms with van der Waals surface area (Å²) >= 11 is 0. The highest BCUT2D eigenvalue weighted by Gasteiger charge is 2.23. The smallest absolute Gasteiger partial charge is 0.258 e. The topological polar surface area (TPSA) is 89.3 Å². The van der Waals surface area contributed by atoms with Crippen molar-refractivity contribution >= 4 is 15.7 Å². The number of halogens is 2. The van der Waals surface area contributed by atoms with Crippen LogP contribution in [0, 0.1) is 22.9 Å². The van der Waals surface area contributed by atoms with Crippen molar-refractivity contribution in [3.63, 3.8) is 0 Å². The highest BCUT2D eigenvalue weighted by atomic mass is 32.2. The Morgan fingerprint density at radius 2 is 2.06 bits per heavy atom. The number of nitrogens with zero attached hydrogens (tertiary/aromatic N) is 1. The van der Waals surface area contributed by atoms with E-state index in [2.05, 4.69) is 0 Å². The summed E-state index contributed by atoms with van der Waals surface area (Å²) < 4.78 is 50.4. The van der Waals surface area contributed by atoms with E-state index in [1.807, 2.05) is 4.72 Å². The average molecular weight is 280 g/mol. The number of benzene rings is 1. The van der Waals surface area contributed by atoms with Crippen LogP contribution in [0.5, 0.6) is 0 Å². The molecule has 0 aliphatic carbocycles. The second-order valence-corrected chi connectivity index (χ2v) is 5.15. The predicted octanol–water partition coefficient (Wildman–Crippen LogP) is 1.29. The quantitative estimate of drug-likeness (QED) is 0.650. The number of alkyl halides is 1. The van der Waals surface area contributed by atoms with Crippen LogP contribution in [0.3, 0.4) is 0 Å². The Morgan fingerprint density at radius 3 is 2.56 bits per heavy atom. The second-order valence-electron chi connectivity index (χ2n) is 3.41. The standard InChI is InChI=1S/C9H10F2N2O4S/c1-6-4-7(11)8(13(14)15)5-9(6)18(16,17)12-3-2-10/h4-5,12H,2-3H2,1H3. The number of hydrogen-bond donors (Lipinski definition) is 1. The number of sulfonamides is 1. The second kappa shape index (κ2) is 5.36. The molecule has 0 aliphatic rings. The fourth-order valence-electron chi connectivity index (χ4n) is 1.32. The predicted molar refractivity (Wildman–Crippen MR) is 59.0 cm³/mol. The molecule has 0 radical (unpaired) electrons. The van der Waals surface area contributed by atoms with Gasteiger partial charge in [-0.15, -0.1) is 0 Å². The Balaban J connectivity index is 3.33. The molecule has 0 heterocycles. The van der Waals surface area contributed by atoms with E-state index in [1.165, 1.54) is 6.92 Å². The maximum Gasteiger partial charge on any atom is 0.306 e. The first-order valence-corrected chi connectivity index (χ1v) is 6.28. The molecule has 9 heteroatoms. The fraction of sp³-hybridized carbons (Fsp3) is 0.333. The van der Waals surface area contributed by atoms with E-state index in [-0.39, 0.29) is 5.56 Å². The summed E-state index contributed by atoms with van der Waals surface area (Å²) in [6, 6.07) is 1.37. The summed E-state index contributed by atoms with van der Waals surface area (Å²) in [6.45, 7) is -0.0780. The van der Waals surface area contributed by atoms with Crippen LogP contribution in [0.2, 0.25) is 0 Å². The molecular weight excluding hydrogens is 270 g/mol. The molecule has 100 valence electrons. The molecule has 1 aromatic rings. The third kappa shape index (κ3) is 2.99. The molecule has 0 bridgehead atoms. The zero-order chi connectivity index (χ0) is 13.9. The van der Waals surface area contributed by atoms with E-state index < -0.39 is 44.6 Å². The Morgan fingerprint density at radius 1 is 1.44 bits per heavy atom. The summed E-state index contributed by atoms with van der Waals surface area (Å²) in [7, 11) is -4.09. The van der Waals surface area contributed by atoms with Crippen molar-refractivity contribution in [2.75, 3.05) is 13.2 Å². The van der Waals surface area contributed by atoms with Gasteiger partial charge in [0.05, 0.1) is 9.82 Å². The van der Waals surface area contributed by atoms with Gasteiger partial charge in [0.15, 0.2) is 0 Å². The summed E-state index contributed by atoms with van der Waals surface area (Å²) in [6.07, 6.45) is 0. The minimum atomic E-state index is -4.09. The van der Waals surface area contributed by atoms with Gasteiger partial charge in [0.1, 0.15) is 6.67 Å². The molecule has 0 aromatic heterocycles. The van der Waals surface area contributed by atoms with Crippen LogP contribution in [-0.2, 0) is 10.0 Å². The highest BCUT2D eigenvalue weighted by molar-refractivity contribution is 7.89. The minimum absolute atomic E-state index is 0.00413. The molecule has 0 amide bonds. The van der Waals surface area contributed by atoms with Crippen molar-refractivity contribution in [2.45, 2.75) is 11.8 Å². The third-order valence-corrected chi connectivity index (χ3v) is 3.72. The first kappa shape index (κ1) is 14.5. The van der Waals surface area contributed by atoms with Crippen molar-refractivity contribution in [3.8, 4) is 0 Å². The van der Waals surface area contributed by atoms with Gasteiger partial charge in [0.2, 0.25) is 15.8 Å². The van der Waals surface area contributed by atoms with Gasteiger partial charge in [0, 0.05) is 12.6 Å². The van der Waals surface area contributed by atoms with E-state index in [0.29, 0.717) is 6.07 Å². The number of rotatable bonds is 5. The number of nitro benzene ring substituents is 1. The zero-order valence-electron chi connectivity index (χ0n) is 9.31. The van der Waals surface area contributed by atoms with Gasteiger partial charge in [-0.05, 0) is 18.6 Å². The minimum Gasteiger partial charge on any atom is -0.258 e. The lowest BCUT2D eigenvalue weighted by molar-refractivity contribution is -0.387. The first-order valence-electron chi connectivity index (χ1n) is 4.79. The van der Waals surface area contributed by atoms with Crippen LogP contribution in [0.4, 0.5) is 14.5 Å². The normalized spacial score (nSPS) is 11.5. The molecule has 0 atom stereocenters. The van der Waals surface area contributed by atoms with Crippen LogP contribution >= 0.6 is 0 Å². The lowest BCUT2D eigenvalue weighted by Crippen LogP contribution is -2.26. The molecule has 1 rings (SSSR count).